The summed E-state index contributed by atoms with van der Waals surface area (Å²) in [6, 6.07) is 5.14. The minimum atomic E-state index is -0.406. The Hall–Kier alpha value is -0.590. The molecule has 0 aliphatic rings. The van der Waals surface area contributed by atoms with Gasteiger partial charge in [0.05, 0.1) is 36.1 Å². The number of benzene rings is 1. The summed E-state index contributed by atoms with van der Waals surface area (Å²) in [5, 5.41) is 5.37. The van der Waals surface area contributed by atoms with Crippen LogP contribution in [0, 0.1) is 0 Å². The lowest BCUT2D eigenvalue weighted by molar-refractivity contribution is 0.182. The molecule has 20 heavy (non-hydrogen) atoms. The standard InChI is InChI=1S/C13H14BrCl2N3O/c1-20-3-2-19-13(11(16)7-18-19)12(17)8-4-9(14)6-10(15)5-8/h4-7,12H,2-3,17H2,1H3. The van der Waals surface area contributed by atoms with Crippen molar-refractivity contribution in [2.24, 2.45) is 5.73 Å². The van der Waals surface area contributed by atoms with E-state index in [0.29, 0.717) is 23.2 Å². The number of hydrogen-bond acceptors (Lipinski definition) is 3. The van der Waals surface area contributed by atoms with E-state index < -0.39 is 6.04 Å². The molecule has 0 saturated carbocycles. The first-order valence-electron chi connectivity index (χ1n) is 5.94. The molecule has 1 atom stereocenters. The highest BCUT2D eigenvalue weighted by Crippen LogP contribution is 2.30. The number of halogens is 3. The van der Waals surface area contributed by atoms with E-state index in [2.05, 4.69) is 21.0 Å². The summed E-state index contributed by atoms with van der Waals surface area (Å²) in [4.78, 5) is 0. The normalized spacial score (nSPS) is 12.7. The predicted octanol–water partition coefficient (Wildman–Crippen LogP) is 3.65. The third kappa shape index (κ3) is 3.54. The van der Waals surface area contributed by atoms with Crippen LogP contribution < -0.4 is 5.73 Å². The Morgan fingerprint density at radius 3 is 2.80 bits per heavy atom. The number of methoxy groups -OCH3 is 1. The number of nitrogens with zero attached hydrogens (tertiary/aromatic N) is 2. The van der Waals surface area contributed by atoms with E-state index in [1.165, 1.54) is 0 Å². The van der Waals surface area contributed by atoms with Crippen LogP contribution in [0.2, 0.25) is 10.0 Å². The van der Waals surface area contributed by atoms with Crippen molar-refractivity contribution in [3.05, 3.63) is 50.2 Å². The van der Waals surface area contributed by atoms with Crippen molar-refractivity contribution in [3.8, 4) is 0 Å². The molecule has 0 fully saturated rings. The van der Waals surface area contributed by atoms with E-state index in [4.69, 9.17) is 33.7 Å². The Morgan fingerprint density at radius 2 is 2.15 bits per heavy atom. The molecular weight excluding hydrogens is 365 g/mol. The average molecular weight is 379 g/mol. The van der Waals surface area contributed by atoms with Crippen LogP contribution >= 0.6 is 39.1 Å². The minimum absolute atomic E-state index is 0.406. The van der Waals surface area contributed by atoms with Gasteiger partial charge in [-0.05, 0) is 23.8 Å². The first-order chi connectivity index (χ1) is 9.52. The average Bonchev–Trinajstić information content (AvgIpc) is 2.75. The van der Waals surface area contributed by atoms with E-state index in [-0.39, 0.29) is 0 Å². The van der Waals surface area contributed by atoms with Gasteiger partial charge in [0.15, 0.2) is 0 Å². The van der Waals surface area contributed by atoms with Crippen LogP contribution in [-0.2, 0) is 11.3 Å². The first-order valence-corrected chi connectivity index (χ1v) is 7.49. The lowest BCUT2D eigenvalue weighted by Crippen LogP contribution is -2.19. The summed E-state index contributed by atoms with van der Waals surface area (Å²) in [6.45, 7) is 1.13. The van der Waals surface area contributed by atoms with E-state index in [9.17, 15) is 0 Å². The Kier molecular flexibility index (Phi) is 5.46. The van der Waals surface area contributed by atoms with Gasteiger partial charge in [-0.3, -0.25) is 4.68 Å². The number of nitrogens with two attached hydrogens (primary N) is 1. The maximum absolute atomic E-state index is 6.31. The Balaban J connectivity index is 2.36. The van der Waals surface area contributed by atoms with Crippen LogP contribution in [0.4, 0.5) is 0 Å². The second kappa shape index (κ2) is 6.91. The highest BCUT2D eigenvalue weighted by molar-refractivity contribution is 9.10. The Bertz CT molecular complexity index is 583. The fraction of sp³-hybridized carbons (Fsp3) is 0.308. The second-order valence-electron chi connectivity index (χ2n) is 4.27. The van der Waals surface area contributed by atoms with E-state index in [1.807, 2.05) is 18.2 Å². The van der Waals surface area contributed by atoms with E-state index >= 15 is 0 Å². The predicted molar refractivity (Wildman–Crippen MR) is 84.3 cm³/mol. The molecule has 1 aromatic heterocycles. The molecule has 0 bridgehead atoms. The van der Waals surface area contributed by atoms with Crippen LogP contribution in [0.1, 0.15) is 17.3 Å². The summed E-state index contributed by atoms with van der Waals surface area (Å²) >= 11 is 15.7. The van der Waals surface area contributed by atoms with Gasteiger partial charge >= 0.3 is 0 Å². The summed E-state index contributed by atoms with van der Waals surface area (Å²) in [6.07, 6.45) is 1.59. The van der Waals surface area contributed by atoms with E-state index in [0.717, 1.165) is 15.7 Å². The molecule has 0 saturated heterocycles. The van der Waals surface area contributed by atoms with Crippen LogP contribution in [0.15, 0.2) is 28.9 Å². The van der Waals surface area contributed by atoms with Gasteiger partial charge in [-0.1, -0.05) is 39.1 Å². The summed E-state index contributed by atoms with van der Waals surface area (Å²) in [5.41, 5.74) is 7.92. The molecule has 4 nitrogen and oxygen atoms in total. The Labute approximate surface area is 135 Å². The molecule has 0 amide bonds. The second-order valence-corrected chi connectivity index (χ2v) is 6.03. The number of ether oxygens (including phenoxy) is 1. The molecule has 7 heteroatoms. The summed E-state index contributed by atoms with van der Waals surface area (Å²) in [7, 11) is 1.64. The lowest BCUT2D eigenvalue weighted by Gasteiger charge is -2.16. The molecule has 0 radical (unpaired) electrons. The number of hydrogen-bond donors (Lipinski definition) is 1. The molecular formula is C13H14BrCl2N3O. The van der Waals surface area contributed by atoms with Gasteiger partial charge in [0.25, 0.3) is 0 Å². The maximum atomic E-state index is 6.31. The third-order valence-electron chi connectivity index (χ3n) is 2.88. The van der Waals surface area contributed by atoms with Gasteiger partial charge in [0.1, 0.15) is 0 Å². The fourth-order valence-electron chi connectivity index (χ4n) is 1.95. The van der Waals surface area contributed by atoms with Gasteiger partial charge in [0, 0.05) is 16.6 Å². The Morgan fingerprint density at radius 1 is 1.40 bits per heavy atom. The van der Waals surface area contributed by atoms with Gasteiger partial charge in [0.2, 0.25) is 0 Å². The summed E-state index contributed by atoms with van der Waals surface area (Å²) in [5.74, 6) is 0. The summed E-state index contributed by atoms with van der Waals surface area (Å²) < 4.78 is 7.69. The molecule has 1 heterocycles. The van der Waals surface area contributed by atoms with Gasteiger partial charge in [-0.15, -0.1) is 0 Å². The molecule has 1 aromatic carbocycles. The highest BCUT2D eigenvalue weighted by Gasteiger charge is 2.19. The molecule has 2 aromatic rings. The fourth-order valence-corrected chi connectivity index (χ4v) is 3.09. The van der Waals surface area contributed by atoms with Crippen LogP contribution in [0.5, 0.6) is 0 Å². The van der Waals surface area contributed by atoms with Crippen LogP contribution in [-0.4, -0.2) is 23.5 Å². The molecule has 1 unspecified atom stereocenters. The third-order valence-corrected chi connectivity index (χ3v) is 3.85. The highest BCUT2D eigenvalue weighted by atomic mass is 79.9. The monoisotopic (exact) mass is 377 g/mol. The van der Waals surface area contributed by atoms with Crippen molar-refractivity contribution in [2.45, 2.75) is 12.6 Å². The SMILES string of the molecule is COCCn1ncc(Cl)c1C(N)c1cc(Cl)cc(Br)c1. The molecule has 2 N–H and O–H groups in total. The molecule has 0 aliphatic heterocycles. The van der Waals surface area contributed by atoms with Crippen molar-refractivity contribution in [1.82, 2.24) is 9.78 Å². The van der Waals surface area contributed by atoms with Crippen molar-refractivity contribution in [3.63, 3.8) is 0 Å². The van der Waals surface area contributed by atoms with Crippen LogP contribution in [0.3, 0.4) is 0 Å². The zero-order valence-electron chi connectivity index (χ0n) is 10.8. The van der Waals surface area contributed by atoms with Crippen molar-refractivity contribution in [1.29, 1.82) is 0 Å². The van der Waals surface area contributed by atoms with Gasteiger partial charge in [-0.2, -0.15) is 5.10 Å². The quantitative estimate of drug-likeness (QED) is 0.863. The van der Waals surface area contributed by atoms with Gasteiger partial charge in [-0.25, -0.2) is 0 Å². The zero-order valence-corrected chi connectivity index (χ0v) is 13.9. The van der Waals surface area contributed by atoms with Crippen molar-refractivity contribution < 1.29 is 4.74 Å². The van der Waals surface area contributed by atoms with Gasteiger partial charge < -0.3 is 10.5 Å². The minimum Gasteiger partial charge on any atom is -0.383 e. The van der Waals surface area contributed by atoms with Crippen molar-refractivity contribution in [2.75, 3.05) is 13.7 Å². The first kappa shape index (κ1) is 15.8. The molecule has 108 valence electrons. The molecule has 2 rings (SSSR count). The molecule has 0 spiro atoms. The van der Waals surface area contributed by atoms with Crippen LogP contribution in [0.25, 0.3) is 0 Å². The van der Waals surface area contributed by atoms with Crippen molar-refractivity contribution >= 4 is 39.1 Å². The smallest absolute Gasteiger partial charge is 0.0837 e. The maximum Gasteiger partial charge on any atom is 0.0837 e. The molecule has 0 aliphatic carbocycles. The number of aromatic nitrogens is 2. The largest absolute Gasteiger partial charge is 0.383 e. The zero-order chi connectivity index (χ0) is 14.7. The topological polar surface area (TPSA) is 53.1 Å². The number of rotatable bonds is 5. The van der Waals surface area contributed by atoms with E-state index in [1.54, 1.807) is 18.0 Å². The lowest BCUT2D eigenvalue weighted by atomic mass is 10.0.